The van der Waals surface area contributed by atoms with Crippen molar-refractivity contribution < 1.29 is 4.79 Å². The molecule has 1 fully saturated rings. The molecule has 0 amide bonds. The van der Waals surface area contributed by atoms with Crippen molar-refractivity contribution in [3.63, 3.8) is 0 Å². The van der Waals surface area contributed by atoms with E-state index in [0.29, 0.717) is 21.6 Å². The van der Waals surface area contributed by atoms with E-state index in [9.17, 15) is 4.79 Å². The van der Waals surface area contributed by atoms with E-state index in [1.165, 1.54) is 22.9 Å². The Kier molecular flexibility index (Phi) is 6.50. The number of rotatable bonds is 5. The van der Waals surface area contributed by atoms with E-state index in [0.717, 1.165) is 48.5 Å². The van der Waals surface area contributed by atoms with Crippen molar-refractivity contribution in [1.82, 2.24) is 19.7 Å². The van der Waals surface area contributed by atoms with Crippen LogP contribution in [0.25, 0.3) is 11.3 Å². The van der Waals surface area contributed by atoms with Gasteiger partial charge in [-0.05, 0) is 47.9 Å². The minimum atomic E-state index is -0.103. The van der Waals surface area contributed by atoms with Crippen LogP contribution in [0.2, 0.25) is 5.02 Å². The fraction of sp³-hybridized carbons (Fsp3) is 0.310. The molecule has 2 N–H and O–H groups in total. The Morgan fingerprint density at radius 1 is 1.13 bits per heavy atom. The standard InChI is InChI=1S/C29H29ClN6OS/c1-18(37)26-28(36-14-11-29(12-15-36)16-19-6-3-4-7-20(19)27(29)31)32-17-24(33-26)38-23-9-5-8-21(25(23)30)22-10-13-35(2)34-22/h3-10,13,17,27H,11-12,14-16,31H2,1-2H3/t27-/m1/s1. The van der Waals surface area contributed by atoms with Crippen molar-refractivity contribution in [1.29, 1.82) is 0 Å². The van der Waals surface area contributed by atoms with E-state index in [1.807, 2.05) is 37.5 Å². The third-order valence-corrected chi connectivity index (χ3v) is 9.37. The summed E-state index contributed by atoms with van der Waals surface area (Å²) in [6.45, 7) is 3.13. The summed E-state index contributed by atoms with van der Waals surface area (Å²) in [4.78, 5) is 25.2. The van der Waals surface area contributed by atoms with Gasteiger partial charge < -0.3 is 10.6 Å². The predicted molar refractivity (Wildman–Crippen MR) is 151 cm³/mol. The van der Waals surface area contributed by atoms with Crippen molar-refractivity contribution >= 4 is 35.0 Å². The molecule has 38 heavy (non-hydrogen) atoms. The van der Waals surface area contributed by atoms with E-state index in [1.54, 1.807) is 17.8 Å². The zero-order valence-electron chi connectivity index (χ0n) is 21.4. The average Bonchev–Trinajstić information content (AvgIpc) is 3.47. The summed E-state index contributed by atoms with van der Waals surface area (Å²) < 4.78 is 1.75. The Balaban J connectivity index is 1.22. The lowest BCUT2D eigenvalue weighted by molar-refractivity contribution is 0.101. The van der Waals surface area contributed by atoms with Crippen LogP contribution >= 0.6 is 23.4 Å². The third-order valence-electron chi connectivity index (χ3n) is 7.88. The summed E-state index contributed by atoms with van der Waals surface area (Å²) in [6, 6.07) is 16.3. The molecule has 194 valence electrons. The zero-order chi connectivity index (χ0) is 26.4. The second-order valence-corrected chi connectivity index (χ2v) is 11.7. The van der Waals surface area contributed by atoms with Crippen LogP contribution in [0, 0.1) is 5.41 Å². The smallest absolute Gasteiger partial charge is 0.181 e. The summed E-state index contributed by atoms with van der Waals surface area (Å²) >= 11 is 8.16. The molecule has 7 nitrogen and oxygen atoms in total. The number of carbonyl (C=O) groups excluding carboxylic acids is 1. The van der Waals surface area contributed by atoms with Crippen LogP contribution in [0.15, 0.2) is 70.8 Å². The number of aromatic nitrogens is 4. The van der Waals surface area contributed by atoms with Crippen molar-refractivity contribution in [2.24, 2.45) is 18.2 Å². The number of Topliss-reactive ketones (excluding diaryl/α,β-unsaturated/α-hetero) is 1. The minimum absolute atomic E-state index is 0.0459. The summed E-state index contributed by atoms with van der Waals surface area (Å²) in [5.41, 5.74) is 11.5. The topological polar surface area (TPSA) is 89.9 Å². The average molecular weight is 545 g/mol. The zero-order valence-corrected chi connectivity index (χ0v) is 23.0. The Bertz CT molecular complexity index is 1530. The predicted octanol–water partition coefficient (Wildman–Crippen LogP) is 5.73. The van der Waals surface area contributed by atoms with Gasteiger partial charge in [-0.2, -0.15) is 5.10 Å². The summed E-state index contributed by atoms with van der Waals surface area (Å²) in [7, 11) is 1.87. The van der Waals surface area contributed by atoms with Crippen molar-refractivity contribution in [2.45, 2.75) is 42.1 Å². The van der Waals surface area contributed by atoms with Gasteiger partial charge in [0.25, 0.3) is 0 Å². The van der Waals surface area contributed by atoms with Crippen LogP contribution in [0.1, 0.15) is 47.4 Å². The molecule has 9 heteroatoms. The number of ketones is 1. The van der Waals surface area contributed by atoms with Gasteiger partial charge in [0.2, 0.25) is 0 Å². The molecular formula is C29H29ClN6OS. The highest BCUT2D eigenvalue weighted by Crippen LogP contribution is 2.51. The van der Waals surface area contributed by atoms with E-state index < -0.39 is 0 Å². The van der Waals surface area contributed by atoms with Crippen LogP contribution in [-0.2, 0) is 13.5 Å². The number of nitrogens with zero attached hydrogens (tertiary/aromatic N) is 5. The SMILES string of the molecule is CC(=O)c1nc(Sc2cccc(-c3ccn(C)n3)c2Cl)cnc1N1CCC2(CC1)Cc1ccccc1[C@H]2N. The molecule has 1 aliphatic carbocycles. The van der Waals surface area contributed by atoms with Crippen molar-refractivity contribution in [2.75, 3.05) is 18.0 Å². The van der Waals surface area contributed by atoms with E-state index in [-0.39, 0.29) is 17.2 Å². The van der Waals surface area contributed by atoms with Gasteiger partial charge in [0.1, 0.15) is 10.7 Å². The summed E-state index contributed by atoms with van der Waals surface area (Å²) in [5.74, 6) is 0.544. The maximum Gasteiger partial charge on any atom is 0.181 e. The molecule has 0 saturated carbocycles. The quantitative estimate of drug-likeness (QED) is 0.321. The van der Waals surface area contributed by atoms with E-state index in [4.69, 9.17) is 27.3 Å². The molecule has 6 rings (SSSR count). The molecule has 2 aromatic carbocycles. The molecule has 2 aromatic heterocycles. The number of piperidine rings is 1. The number of carbonyl (C=O) groups is 1. The Morgan fingerprint density at radius 3 is 2.63 bits per heavy atom. The van der Waals surface area contributed by atoms with Crippen LogP contribution in [0.5, 0.6) is 0 Å². The van der Waals surface area contributed by atoms with Gasteiger partial charge in [-0.25, -0.2) is 9.97 Å². The van der Waals surface area contributed by atoms with Gasteiger partial charge in [-0.3, -0.25) is 9.48 Å². The number of aryl methyl sites for hydroxylation is 1. The highest BCUT2D eigenvalue weighted by Gasteiger charge is 2.46. The molecule has 4 aromatic rings. The third kappa shape index (κ3) is 4.40. The van der Waals surface area contributed by atoms with Crippen molar-refractivity contribution in [3.05, 3.63) is 82.8 Å². The molecule has 1 saturated heterocycles. The molecule has 1 spiro atoms. The lowest BCUT2D eigenvalue weighted by Crippen LogP contribution is -2.45. The van der Waals surface area contributed by atoms with Gasteiger partial charge in [0.05, 0.1) is 16.9 Å². The maximum atomic E-state index is 12.7. The first kappa shape index (κ1) is 25.1. The summed E-state index contributed by atoms with van der Waals surface area (Å²) in [5, 5.41) is 5.69. The van der Waals surface area contributed by atoms with Gasteiger partial charge >= 0.3 is 0 Å². The fourth-order valence-corrected chi connectivity index (χ4v) is 6.96. The second-order valence-electron chi connectivity index (χ2n) is 10.2. The highest BCUT2D eigenvalue weighted by atomic mass is 35.5. The number of nitrogens with two attached hydrogens (primary N) is 1. The van der Waals surface area contributed by atoms with E-state index in [2.05, 4.69) is 34.3 Å². The molecule has 3 heterocycles. The number of hydrogen-bond acceptors (Lipinski definition) is 7. The molecule has 0 unspecified atom stereocenters. The number of anilines is 1. The fourth-order valence-electron chi connectivity index (χ4n) is 5.81. The minimum Gasteiger partial charge on any atom is -0.355 e. The normalized spacial score (nSPS) is 18.1. The lowest BCUT2D eigenvalue weighted by atomic mass is 9.73. The molecular weight excluding hydrogens is 516 g/mol. The molecule has 1 aliphatic heterocycles. The maximum absolute atomic E-state index is 12.7. The van der Waals surface area contributed by atoms with E-state index >= 15 is 0 Å². The number of hydrogen-bond donors (Lipinski definition) is 1. The van der Waals surface area contributed by atoms with Crippen LogP contribution in [0.4, 0.5) is 5.82 Å². The van der Waals surface area contributed by atoms with Gasteiger partial charge in [-0.15, -0.1) is 0 Å². The highest BCUT2D eigenvalue weighted by molar-refractivity contribution is 7.99. The molecule has 1 atom stereocenters. The first-order chi connectivity index (χ1) is 18.3. The lowest BCUT2D eigenvalue weighted by Gasteiger charge is -2.42. The monoisotopic (exact) mass is 544 g/mol. The first-order valence-electron chi connectivity index (χ1n) is 12.8. The van der Waals surface area contributed by atoms with Crippen molar-refractivity contribution in [3.8, 4) is 11.3 Å². The number of fused-ring (bicyclic) bond motifs is 1. The Labute approximate surface area is 231 Å². The second kappa shape index (κ2) is 9.84. The van der Waals surface area contributed by atoms with Gasteiger partial charge in [0.15, 0.2) is 11.6 Å². The van der Waals surface area contributed by atoms with Gasteiger partial charge in [-0.1, -0.05) is 59.8 Å². The van der Waals surface area contributed by atoms with Crippen LogP contribution in [-0.4, -0.2) is 38.6 Å². The molecule has 2 aliphatic rings. The van der Waals surface area contributed by atoms with Gasteiger partial charge in [0, 0.05) is 49.8 Å². The Hall–Kier alpha value is -3.20. The number of halogens is 1. The van der Waals surface area contributed by atoms with Crippen LogP contribution in [0.3, 0.4) is 0 Å². The molecule has 0 radical (unpaired) electrons. The summed E-state index contributed by atoms with van der Waals surface area (Å²) in [6.07, 6.45) is 6.54. The molecule has 0 bridgehead atoms. The Morgan fingerprint density at radius 2 is 1.92 bits per heavy atom. The van der Waals surface area contributed by atoms with Crippen LogP contribution < -0.4 is 10.6 Å². The number of benzene rings is 2. The largest absolute Gasteiger partial charge is 0.355 e. The first-order valence-corrected chi connectivity index (χ1v) is 14.0.